The van der Waals surface area contributed by atoms with E-state index < -0.39 is 0 Å². The van der Waals surface area contributed by atoms with Crippen molar-refractivity contribution < 1.29 is 0 Å². The van der Waals surface area contributed by atoms with E-state index in [9.17, 15) is 0 Å². The Morgan fingerprint density at radius 3 is 1.87 bits per heavy atom. The van der Waals surface area contributed by atoms with E-state index in [-0.39, 0.29) is 0 Å². The molecule has 0 atom stereocenters. The topological polar surface area (TPSA) is 27.2 Å². The molecule has 47 heavy (non-hydrogen) atoms. The van der Waals surface area contributed by atoms with Gasteiger partial charge in [0, 0.05) is 49.3 Å². The maximum Gasteiger partial charge on any atom is 0.138 e. The first-order valence-electron chi connectivity index (χ1n) is 16.1. The second kappa shape index (κ2) is 9.09. The molecule has 5 heterocycles. The molecule has 0 saturated heterocycles. The number of hydrogen-bond donors (Lipinski definition) is 0. The lowest BCUT2D eigenvalue weighted by Gasteiger charge is -2.11. The van der Waals surface area contributed by atoms with Crippen LogP contribution in [0.2, 0.25) is 0 Å². The third-order valence-electron chi connectivity index (χ3n) is 9.97. The van der Waals surface area contributed by atoms with Crippen LogP contribution in [0.25, 0.3) is 93.7 Å². The van der Waals surface area contributed by atoms with Gasteiger partial charge in [-0.25, -0.2) is 4.98 Å². The molecule has 0 fully saturated rings. The molecular weight excluding hydrogens is 573 g/mol. The molecule has 5 aromatic heterocycles. The summed E-state index contributed by atoms with van der Waals surface area (Å²) in [7, 11) is 0. The molecule has 0 saturated carbocycles. The summed E-state index contributed by atoms with van der Waals surface area (Å²) in [4.78, 5) is 5.09. The fourth-order valence-electron chi connectivity index (χ4n) is 8.07. The van der Waals surface area contributed by atoms with Crippen molar-refractivity contribution in [2.45, 2.75) is 0 Å². The highest BCUT2D eigenvalue weighted by Crippen LogP contribution is 2.43. The monoisotopic (exact) mass is 598 g/mol. The zero-order chi connectivity index (χ0) is 30.6. The Bertz CT molecular complexity index is 3000. The van der Waals surface area contributed by atoms with E-state index in [1.165, 1.54) is 65.4 Å². The van der Waals surface area contributed by atoms with Gasteiger partial charge in [-0.1, -0.05) is 103 Å². The second-order valence-corrected chi connectivity index (χ2v) is 12.4. The zero-order valence-corrected chi connectivity index (χ0v) is 25.3. The third kappa shape index (κ3) is 3.23. The fourth-order valence-corrected chi connectivity index (χ4v) is 8.07. The van der Waals surface area contributed by atoms with Crippen LogP contribution < -0.4 is 0 Å². The Hall–Kier alpha value is -6.39. The van der Waals surface area contributed by atoms with Gasteiger partial charge in [-0.05, 0) is 54.6 Å². The number of hydrogen-bond acceptors (Lipinski definition) is 1. The van der Waals surface area contributed by atoms with Gasteiger partial charge in [0.15, 0.2) is 0 Å². The van der Waals surface area contributed by atoms with Crippen molar-refractivity contribution in [1.29, 1.82) is 0 Å². The summed E-state index contributed by atoms with van der Waals surface area (Å²) in [6, 6.07) is 56.9. The van der Waals surface area contributed by atoms with E-state index in [1.807, 2.05) is 0 Å². The molecule has 0 amide bonds. The lowest BCUT2D eigenvalue weighted by molar-refractivity contribution is 1.18. The molecular formula is C43H26N4. The van der Waals surface area contributed by atoms with E-state index in [0.29, 0.717) is 0 Å². The Morgan fingerprint density at radius 1 is 0.383 bits per heavy atom. The third-order valence-corrected chi connectivity index (χ3v) is 9.97. The van der Waals surface area contributed by atoms with Gasteiger partial charge in [-0.2, -0.15) is 0 Å². The highest BCUT2D eigenvalue weighted by molar-refractivity contribution is 6.26. The summed E-state index contributed by atoms with van der Waals surface area (Å²) in [5.41, 5.74) is 12.6. The van der Waals surface area contributed by atoms with Crippen LogP contribution in [0.3, 0.4) is 0 Å². The van der Waals surface area contributed by atoms with E-state index in [4.69, 9.17) is 4.98 Å². The summed E-state index contributed by atoms with van der Waals surface area (Å²) >= 11 is 0. The summed E-state index contributed by atoms with van der Waals surface area (Å²) in [5.74, 6) is 0. The standard InChI is InChI=1S/C43H26N4/c1-3-12-27(13-4-1)41-43-32-23-22-29(26-34(32)37-20-11-21-39(44-41)47(37)43)46-35-18-9-7-16-30(35)31-24-25-38-40(42(31)46)33-17-8-10-19-36(33)45(38)28-14-5-2-6-15-28/h1-26H. The van der Waals surface area contributed by atoms with Crippen LogP contribution in [-0.2, 0) is 0 Å². The van der Waals surface area contributed by atoms with Crippen LogP contribution in [0.15, 0.2) is 158 Å². The number of pyridine rings is 1. The molecule has 0 bridgehead atoms. The van der Waals surface area contributed by atoms with Gasteiger partial charge in [0.1, 0.15) is 5.65 Å². The van der Waals surface area contributed by atoms with Crippen molar-refractivity contribution in [1.82, 2.24) is 18.5 Å². The van der Waals surface area contributed by atoms with E-state index in [2.05, 4.69) is 171 Å². The van der Waals surface area contributed by atoms with E-state index in [0.717, 1.165) is 28.3 Å². The zero-order valence-electron chi connectivity index (χ0n) is 25.3. The van der Waals surface area contributed by atoms with Gasteiger partial charge in [0.2, 0.25) is 0 Å². The average molecular weight is 599 g/mol. The van der Waals surface area contributed by atoms with Crippen LogP contribution >= 0.6 is 0 Å². The average Bonchev–Trinajstić information content (AvgIpc) is 3.87. The van der Waals surface area contributed by atoms with Gasteiger partial charge in [0.25, 0.3) is 0 Å². The lowest BCUT2D eigenvalue weighted by atomic mass is 10.1. The Balaban J connectivity index is 1.28. The molecule has 218 valence electrons. The van der Waals surface area contributed by atoms with E-state index in [1.54, 1.807) is 0 Å². The van der Waals surface area contributed by atoms with Crippen LogP contribution in [0, 0.1) is 0 Å². The van der Waals surface area contributed by atoms with Gasteiger partial charge in [-0.15, -0.1) is 0 Å². The van der Waals surface area contributed by atoms with Crippen LogP contribution in [-0.4, -0.2) is 18.5 Å². The van der Waals surface area contributed by atoms with Crippen LogP contribution in [0.5, 0.6) is 0 Å². The predicted molar refractivity (Wildman–Crippen MR) is 196 cm³/mol. The predicted octanol–water partition coefficient (Wildman–Crippen LogP) is 10.9. The number of nitrogens with zero attached hydrogens (tertiary/aromatic N) is 4. The minimum absolute atomic E-state index is 0.974. The molecule has 0 spiro atoms. The molecule has 0 unspecified atom stereocenters. The minimum Gasteiger partial charge on any atom is -0.309 e. The molecule has 11 rings (SSSR count). The quantitative estimate of drug-likeness (QED) is 0.199. The molecule has 0 N–H and O–H groups in total. The number of aromatic nitrogens is 4. The highest BCUT2D eigenvalue weighted by atomic mass is 15.0. The number of benzene rings is 6. The van der Waals surface area contributed by atoms with E-state index >= 15 is 0 Å². The second-order valence-electron chi connectivity index (χ2n) is 12.4. The molecule has 4 nitrogen and oxygen atoms in total. The number of fused-ring (bicyclic) bond motifs is 10. The lowest BCUT2D eigenvalue weighted by Crippen LogP contribution is -1.95. The Labute approximate surface area is 269 Å². The minimum atomic E-state index is 0.974. The Kier molecular flexibility index (Phi) is 4.81. The number of imidazole rings is 1. The molecule has 0 aliphatic carbocycles. The molecule has 0 aliphatic rings. The fraction of sp³-hybridized carbons (Fsp3) is 0. The molecule has 0 aliphatic heterocycles. The van der Waals surface area contributed by atoms with Gasteiger partial charge >= 0.3 is 0 Å². The van der Waals surface area contributed by atoms with Gasteiger partial charge in [-0.3, -0.25) is 4.40 Å². The van der Waals surface area contributed by atoms with Crippen molar-refractivity contribution in [2.24, 2.45) is 0 Å². The summed E-state index contributed by atoms with van der Waals surface area (Å²) in [6.07, 6.45) is 0. The first-order chi connectivity index (χ1) is 23.3. The largest absolute Gasteiger partial charge is 0.309 e. The van der Waals surface area contributed by atoms with Crippen LogP contribution in [0.1, 0.15) is 0 Å². The summed E-state index contributed by atoms with van der Waals surface area (Å²) < 4.78 is 7.22. The first-order valence-corrected chi connectivity index (χ1v) is 16.1. The van der Waals surface area contributed by atoms with Crippen molar-refractivity contribution in [3.63, 3.8) is 0 Å². The maximum atomic E-state index is 5.09. The number of para-hydroxylation sites is 3. The normalized spacial score (nSPS) is 12.3. The van der Waals surface area contributed by atoms with Crippen LogP contribution in [0.4, 0.5) is 0 Å². The summed E-state index contributed by atoms with van der Waals surface area (Å²) in [6.45, 7) is 0. The maximum absolute atomic E-state index is 5.09. The molecule has 11 aromatic rings. The molecule has 4 heteroatoms. The van der Waals surface area contributed by atoms with Crippen molar-refractivity contribution in [3.8, 4) is 22.6 Å². The smallest absolute Gasteiger partial charge is 0.138 e. The SMILES string of the molecule is c1ccc(-c2nc3cccc4c5cc(-n6c7ccccc7c7ccc8c(c9ccccc9n8-c8ccccc8)c76)ccc5c2n34)cc1. The first kappa shape index (κ1) is 24.9. The molecule has 0 radical (unpaired) electrons. The molecule has 6 aromatic carbocycles. The Morgan fingerprint density at radius 2 is 1.04 bits per heavy atom. The van der Waals surface area contributed by atoms with Crippen molar-refractivity contribution >= 4 is 71.1 Å². The van der Waals surface area contributed by atoms with Gasteiger partial charge in [0.05, 0.1) is 38.8 Å². The number of rotatable bonds is 3. The van der Waals surface area contributed by atoms with Crippen molar-refractivity contribution in [2.75, 3.05) is 0 Å². The summed E-state index contributed by atoms with van der Waals surface area (Å²) in [5, 5.41) is 7.48. The highest BCUT2D eigenvalue weighted by Gasteiger charge is 2.23. The van der Waals surface area contributed by atoms with Crippen molar-refractivity contribution in [3.05, 3.63) is 158 Å². The van der Waals surface area contributed by atoms with Gasteiger partial charge < -0.3 is 9.13 Å².